The SMILES string of the molecule is COc1ccccc1OCCOc1ccccc1/C=N/Nc1cc(N2CCOCC2)nc(N2CCOCC2)n1. The van der Waals surface area contributed by atoms with Crippen molar-refractivity contribution >= 4 is 23.8 Å². The number of aromatic nitrogens is 2. The molecule has 2 fully saturated rings. The number of nitrogens with one attached hydrogen (secondary N) is 1. The Hall–Kier alpha value is -4.09. The van der Waals surface area contributed by atoms with Gasteiger partial charge < -0.3 is 33.5 Å². The van der Waals surface area contributed by atoms with Crippen LogP contribution in [-0.2, 0) is 9.47 Å². The van der Waals surface area contributed by atoms with Gasteiger partial charge in [0.25, 0.3) is 0 Å². The number of benzene rings is 2. The summed E-state index contributed by atoms with van der Waals surface area (Å²) in [5.41, 5.74) is 3.92. The van der Waals surface area contributed by atoms with Crippen molar-refractivity contribution in [3.05, 3.63) is 60.2 Å². The molecule has 0 bridgehead atoms. The van der Waals surface area contributed by atoms with Gasteiger partial charge in [0.1, 0.15) is 24.8 Å². The maximum Gasteiger partial charge on any atom is 0.229 e. The fourth-order valence-corrected chi connectivity index (χ4v) is 4.27. The van der Waals surface area contributed by atoms with E-state index >= 15 is 0 Å². The van der Waals surface area contributed by atoms with Crippen LogP contribution in [0.25, 0.3) is 0 Å². The van der Waals surface area contributed by atoms with Crippen LogP contribution in [0.1, 0.15) is 5.56 Å². The zero-order chi connectivity index (χ0) is 26.7. The number of methoxy groups -OCH3 is 1. The van der Waals surface area contributed by atoms with Gasteiger partial charge in [-0.2, -0.15) is 15.1 Å². The molecule has 11 heteroatoms. The van der Waals surface area contributed by atoms with Crippen molar-refractivity contribution in [2.45, 2.75) is 0 Å². The van der Waals surface area contributed by atoms with Crippen LogP contribution in [-0.4, -0.2) is 89.1 Å². The molecule has 1 aromatic heterocycles. The Labute approximate surface area is 228 Å². The highest BCUT2D eigenvalue weighted by Crippen LogP contribution is 2.26. The van der Waals surface area contributed by atoms with E-state index < -0.39 is 0 Å². The molecule has 2 saturated heterocycles. The van der Waals surface area contributed by atoms with Crippen LogP contribution in [0.3, 0.4) is 0 Å². The lowest BCUT2D eigenvalue weighted by Crippen LogP contribution is -2.39. The summed E-state index contributed by atoms with van der Waals surface area (Å²) in [5.74, 6) is 4.21. The molecule has 3 heterocycles. The summed E-state index contributed by atoms with van der Waals surface area (Å²) in [5, 5.41) is 4.46. The third-order valence-corrected chi connectivity index (χ3v) is 6.30. The lowest BCUT2D eigenvalue weighted by Gasteiger charge is -2.31. The van der Waals surface area contributed by atoms with Gasteiger partial charge in [0.2, 0.25) is 5.95 Å². The number of hydrazone groups is 1. The molecule has 0 amide bonds. The van der Waals surface area contributed by atoms with E-state index in [0.29, 0.717) is 68.7 Å². The smallest absolute Gasteiger partial charge is 0.229 e. The quantitative estimate of drug-likeness (QED) is 0.224. The van der Waals surface area contributed by atoms with E-state index in [1.807, 2.05) is 54.6 Å². The second-order valence-electron chi connectivity index (χ2n) is 8.87. The highest BCUT2D eigenvalue weighted by atomic mass is 16.5. The minimum atomic E-state index is 0.369. The second-order valence-corrected chi connectivity index (χ2v) is 8.87. The lowest BCUT2D eigenvalue weighted by molar-refractivity contribution is 0.121. The number of morpholine rings is 2. The maximum atomic E-state index is 5.98. The fourth-order valence-electron chi connectivity index (χ4n) is 4.27. The van der Waals surface area contributed by atoms with Crippen LogP contribution in [0.5, 0.6) is 17.2 Å². The number of hydrogen-bond donors (Lipinski definition) is 1. The summed E-state index contributed by atoms with van der Waals surface area (Å²) in [6.07, 6.45) is 1.72. The Balaban J connectivity index is 1.23. The van der Waals surface area contributed by atoms with Gasteiger partial charge >= 0.3 is 0 Å². The normalized spacial score (nSPS) is 15.8. The standard InChI is InChI=1S/C28H34N6O5/c1-35-24-8-4-5-9-25(24)39-19-18-38-23-7-3-2-6-22(23)21-29-32-26-20-27(33-10-14-36-15-11-33)31-28(30-26)34-12-16-37-17-13-34/h2-9,20-21H,10-19H2,1H3,(H,30,31,32)/b29-21+. The topological polar surface area (TPSA) is 103 Å². The summed E-state index contributed by atoms with van der Waals surface area (Å²) in [6, 6.07) is 17.2. The van der Waals surface area contributed by atoms with Crippen molar-refractivity contribution in [1.82, 2.24) is 9.97 Å². The van der Waals surface area contributed by atoms with E-state index in [9.17, 15) is 0 Å². The average molecular weight is 535 g/mol. The molecule has 0 saturated carbocycles. The minimum Gasteiger partial charge on any atom is -0.493 e. The minimum absolute atomic E-state index is 0.369. The molecule has 0 aliphatic carbocycles. The summed E-state index contributed by atoms with van der Waals surface area (Å²) >= 11 is 0. The van der Waals surface area contributed by atoms with Crippen molar-refractivity contribution in [3.63, 3.8) is 0 Å². The molecule has 0 radical (unpaired) electrons. The van der Waals surface area contributed by atoms with Crippen LogP contribution < -0.4 is 29.4 Å². The van der Waals surface area contributed by atoms with E-state index in [1.165, 1.54) is 0 Å². The first-order valence-electron chi connectivity index (χ1n) is 13.1. The first-order valence-corrected chi connectivity index (χ1v) is 13.1. The molecule has 11 nitrogen and oxygen atoms in total. The predicted octanol–water partition coefficient (Wildman–Crippen LogP) is 3.06. The van der Waals surface area contributed by atoms with Crippen molar-refractivity contribution in [2.75, 3.05) is 88.2 Å². The average Bonchev–Trinajstić information content (AvgIpc) is 3.01. The molecule has 0 atom stereocenters. The van der Waals surface area contributed by atoms with Gasteiger partial charge in [-0.05, 0) is 24.3 Å². The Bertz CT molecular complexity index is 1190. The molecule has 5 rings (SSSR count). The third-order valence-electron chi connectivity index (χ3n) is 6.30. The molecular weight excluding hydrogens is 500 g/mol. The summed E-state index contributed by atoms with van der Waals surface area (Å²) in [7, 11) is 1.62. The van der Waals surface area contributed by atoms with Gasteiger partial charge in [0.15, 0.2) is 17.3 Å². The number of nitrogens with zero attached hydrogens (tertiary/aromatic N) is 5. The van der Waals surface area contributed by atoms with Crippen LogP contribution >= 0.6 is 0 Å². The third kappa shape index (κ3) is 7.27. The predicted molar refractivity (Wildman–Crippen MR) is 150 cm³/mol. The van der Waals surface area contributed by atoms with E-state index in [4.69, 9.17) is 33.7 Å². The summed E-state index contributed by atoms with van der Waals surface area (Å²) in [4.78, 5) is 13.9. The molecule has 206 valence electrons. The van der Waals surface area contributed by atoms with E-state index in [-0.39, 0.29) is 0 Å². The Morgan fingerprint density at radius 2 is 1.44 bits per heavy atom. The van der Waals surface area contributed by atoms with Crippen molar-refractivity contribution in [1.29, 1.82) is 0 Å². The second kappa shape index (κ2) is 13.6. The number of ether oxygens (including phenoxy) is 5. The summed E-state index contributed by atoms with van der Waals surface area (Å²) < 4.78 is 28.1. The van der Waals surface area contributed by atoms with Gasteiger partial charge in [0, 0.05) is 37.8 Å². The number of anilines is 3. The zero-order valence-electron chi connectivity index (χ0n) is 22.1. The molecule has 2 aromatic carbocycles. The molecule has 3 aromatic rings. The van der Waals surface area contributed by atoms with E-state index in [2.05, 4.69) is 20.3 Å². The molecule has 2 aliphatic heterocycles. The molecule has 2 aliphatic rings. The molecular formula is C28H34N6O5. The Kier molecular flexibility index (Phi) is 9.27. The molecule has 0 unspecified atom stereocenters. The van der Waals surface area contributed by atoms with E-state index in [1.54, 1.807) is 13.3 Å². The first kappa shape index (κ1) is 26.5. The monoisotopic (exact) mass is 534 g/mol. The molecule has 39 heavy (non-hydrogen) atoms. The Morgan fingerprint density at radius 3 is 2.15 bits per heavy atom. The van der Waals surface area contributed by atoms with Gasteiger partial charge in [-0.25, -0.2) is 0 Å². The van der Waals surface area contributed by atoms with E-state index in [0.717, 1.165) is 37.6 Å². The summed E-state index contributed by atoms with van der Waals surface area (Å²) in [6.45, 7) is 6.49. The molecule has 0 spiro atoms. The van der Waals surface area contributed by atoms with Gasteiger partial charge in [-0.3, -0.25) is 5.43 Å². The van der Waals surface area contributed by atoms with Crippen LogP contribution in [0.15, 0.2) is 59.7 Å². The highest BCUT2D eigenvalue weighted by Gasteiger charge is 2.19. The van der Waals surface area contributed by atoms with Gasteiger partial charge in [-0.1, -0.05) is 24.3 Å². The molecule has 1 N–H and O–H groups in total. The number of rotatable bonds is 11. The Morgan fingerprint density at radius 1 is 0.821 bits per heavy atom. The van der Waals surface area contributed by atoms with Crippen molar-refractivity contribution < 1.29 is 23.7 Å². The lowest BCUT2D eigenvalue weighted by atomic mass is 10.2. The number of para-hydroxylation sites is 3. The first-order chi connectivity index (χ1) is 19.3. The highest BCUT2D eigenvalue weighted by molar-refractivity contribution is 5.84. The van der Waals surface area contributed by atoms with Crippen molar-refractivity contribution in [3.8, 4) is 17.2 Å². The van der Waals surface area contributed by atoms with Crippen LogP contribution in [0.4, 0.5) is 17.6 Å². The van der Waals surface area contributed by atoms with Crippen LogP contribution in [0.2, 0.25) is 0 Å². The van der Waals surface area contributed by atoms with Crippen LogP contribution in [0, 0.1) is 0 Å². The number of hydrogen-bond acceptors (Lipinski definition) is 11. The van der Waals surface area contributed by atoms with Gasteiger partial charge in [-0.15, -0.1) is 0 Å². The largest absolute Gasteiger partial charge is 0.493 e. The fraction of sp³-hybridized carbons (Fsp3) is 0.393. The van der Waals surface area contributed by atoms with Crippen molar-refractivity contribution in [2.24, 2.45) is 5.10 Å². The van der Waals surface area contributed by atoms with Gasteiger partial charge in [0.05, 0.1) is 39.8 Å². The maximum absolute atomic E-state index is 5.98. The zero-order valence-corrected chi connectivity index (χ0v) is 22.1.